The Hall–Kier alpha value is -0.340. The molecule has 0 atom stereocenters. The Morgan fingerprint density at radius 3 is 2.80 bits per heavy atom. The lowest BCUT2D eigenvalue weighted by Crippen LogP contribution is -2.47. The van der Waals surface area contributed by atoms with Gasteiger partial charge in [-0.3, -0.25) is 0 Å². The fourth-order valence-electron chi connectivity index (χ4n) is 1.03. The molecule has 1 N–H and O–H groups in total. The van der Waals surface area contributed by atoms with Gasteiger partial charge in [0.25, 0.3) is 0 Å². The summed E-state index contributed by atoms with van der Waals surface area (Å²) in [5.41, 5.74) is 0.392. The second-order valence-electron chi connectivity index (χ2n) is 3.22. The lowest BCUT2D eigenvalue weighted by molar-refractivity contribution is -0.0986. The summed E-state index contributed by atoms with van der Waals surface area (Å²) in [7, 11) is 0. The van der Waals surface area contributed by atoms with Crippen molar-refractivity contribution < 1.29 is 4.74 Å². The van der Waals surface area contributed by atoms with Gasteiger partial charge in [-0.2, -0.15) is 0 Å². The van der Waals surface area contributed by atoms with Crippen LogP contribution in [-0.4, -0.2) is 26.3 Å². The van der Waals surface area contributed by atoms with Crippen molar-refractivity contribution in [2.24, 2.45) is 5.41 Å². The highest BCUT2D eigenvalue weighted by Crippen LogP contribution is 2.24. The molecule has 1 aliphatic rings. The molecule has 58 valence electrons. The Labute approximate surface area is 62.3 Å². The van der Waals surface area contributed by atoms with Crippen LogP contribution in [0.4, 0.5) is 0 Å². The first-order chi connectivity index (χ1) is 4.77. The first-order valence-electron chi connectivity index (χ1n) is 3.66. The van der Waals surface area contributed by atoms with Crippen molar-refractivity contribution >= 4 is 0 Å². The molecule has 1 aliphatic heterocycles. The molecule has 0 aromatic carbocycles. The van der Waals surface area contributed by atoms with Gasteiger partial charge in [-0.15, -0.1) is 6.58 Å². The Balaban J connectivity index is 2.06. The molecule has 1 saturated heterocycles. The summed E-state index contributed by atoms with van der Waals surface area (Å²) in [5.74, 6) is 0. The van der Waals surface area contributed by atoms with E-state index in [2.05, 4.69) is 18.8 Å². The van der Waals surface area contributed by atoms with Gasteiger partial charge >= 0.3 is 0 Å². The third-order valence-electron chi connectivity index (χ3n) is 1.74. The van der Waals surface area contributed by atoms with Gasteiger partial charge < -0.3 is 10.1 Å². The molecular weight excluding hydrogens is 126 g/mol. The van der Waals surface area contributed by atoms with E-state index < -0.39 is 0 Å². The van der Waals surface area contributed by atoms with Gasteiger partial charge in [-0.25, -0.2) is 0 Å². The van der Waals surface area contributed by atoms with Crippen LogP contribution in [0.15, 0.2) is 12.7 Å². The maximum Gasteiger partial charge on any atom is 0.0554 e. The van der Waals surface area contributed by atoms with Crippen molar-refractivity contribution in [3.63, 3.8) is 0 Å². The zero-order valence-electron chi connectivity index (χ0n) is 6.52. The molecule has 10 heavy (non-hydrogen) atoms. The summed E-state index contributed by atoms with van der Waals surface area (Å²) in [5, 5.41) is 3.28. The highest BCUT2D eigenvalue weighted by Gasteiger charge is 2.32. The van der Waals surface area contributed by atoms with Crippen LogP contribution in [0.2, 0.25) is 0 Å². The van der Waals surface area contributed by atoms with Gasteiger partial charge in [0.05, 0.1) is 13.2 Å². The molecule has 2 heteroatoms. The van der Waals surface area contributed by atoms with E-state index in [-0.39, 0.29) is 0 Å². The quantitative estimate of drug-likeness (QED) is 0.462. The highest BCUT2D eigenvalue weighted by molar-refractivity contribution is 4.84. The average Bonchev–Trinajstić information content (AvgIpc) is 1.85. The van der Waals surface area contributed by atoms with Gasteiger partial charge in [0.15, 0.2) is 0 Å². The van der Waals surface area contributed by atoms with Gasteiger partial charge in [-0.05, 0) is 0 Å². The van der Waals surface area contributed by atoms with Gasteiger partial charge in [0, 0.05) is 18.5 Å². The molecule has 0 spiro atoms. The highest BCUT2D eigenvalue weighted by atomic mass is 16.5. The van der Waals surface area contributed by atoms with E-state index in [1.807, 2.05) is 6.08 Å². The molecule has 0 aliphatic carbocycles. The van der Waals surface area contributed by atoms with E-state index in [9.17, 15) is 0 Å². The van der Waals surface area contributed by atoms with Crippen molar-refractivity contribution in [3.8, 4) is 0 Å². The van der Waals surface area contributed by atoms with Crippen LogP contribution < -0.4 is 5.32 Å². The van der Waals surface area contributed by atoms with Crippen molar-refractivity contribution in [1.82, 2.24) is 5.32 Å². The van der Waals surface area contributed by atoms with E-state index in [1.54, 1.807) is 0 Å². The number of ether oxygens (including phenoxy) is 1. The molecular formula is C8H15NO. The van der Waals surface area contributed by atoms with E-state index in [1.165, 1.54) is 0 Å². The molecule has 1 heterocycles. The Morgan fingerprint density at radius 1 is 1.70 bits per heavy atom. The maximum atomic E-state index is 5.10. The SMILES string of the molecule is C=CCNCC1(C)COC1. The summed E-state index contributed by atoms with van der Waals surface area (Å²) >= 11 is 0. The molecule has 0 unspecified atom stereocenters. The maximum absolute atomic E-state index is 5.10. The van der Waals surface area contributed by atoms with Gasteiger partial charge in [-0.1, -0.05) is 13.0 Å². The van der Waals surface area contributed by atoms with Crippen LogP contribution >= 0.6 is 0 Å². The van der Waals surface area contributed by atoms with Crippen LogP contribution in [0.25, 0.3) is 0 Å². The molecule has 0 saturated carbocycles. The van der Waals surface area contributed by atoms with Gasteiger partial charge in [0.1, 0.15) is 0 Å². The topological polar surface area (TPSA) is 21.3 Å². The predicted octanol–water partition coefficient (Wildman–Crippen LogP) is 0.798. The molecule has 0 radical (unpaired) electrons. The van der Waals surface area contributed by atoms with Crippen molar-refractivity contribution in [3.05, 3.63) is 12.7 Å². The molecule has 0 aromatic heterocycles. The minimum atomic E-state index is 0.392. The Morgan fingerprint density at radius 2 is 2.40 bits per heavy atom. The van der Waals surface area contributed by atoms with E-state index in [0.717, 1.165) is 26.3 Å². The van der Waals surface area contributed by atoms with Crippen LogP contribution in [0.1, 0.15) is 6.92 Å². The molecule has 0 aromatic rings. The van der Waals surface area contributed by atoms with Crippen LogP contribution in [0.3, 0.4) is 0 Å². The number of hydrogen-bond donors (Lipinski definition) is 1. The zero-order valence-corrected chi connectivity index (χ0v) is 6.52. The minimum Gasteiger partial charge on any atom is -0.380 e. The summed E-state index contributed by atoms with van der Waals surface area (Å²) in [6.45, 7) is 9.60. The number of nitrogens with one attached hydrogen (secondary N) is 1. The molecule has 1 fully saturated rings. The first kappa shape index (κ1) is 7.76. The van der Waals surface area contributed by atoms with E-state index in [4.69, 9.17) is 4.74 Å². The smallest absolute Gasteiger partial charge is 0.0554 e. The summed E-state index contributed by atoms with van der Waals surface area (Å²) in [6.07, 6.45) is 1.88. The van der Waals surface area contributed by atoms with E-state index in [0.29, 0.717) is 5.41 Å². The standard InChI is InChI=1S/C8H15NO/c1-3-4-9-5-8(2)6-10-7-8/h3,9H,1,4-7H2,2H3. The van der Waals surface area contributed by atoms with Crippen molar-refractivity contribution in [2.75, 3.05) is 26.3 Å². The zero-order chi connectivity index (χ0) is 7.45. The van der Waals surface area contributed by atoms with Crippen LogP contribution in [-0.2, 0) is 4.74 Å². The van der Waals surface area contributed by atoms with Crippen molar-refractivity contribution in [1.29, 1.82) is 0 Å². The normalized spacial score (nSPS) is 21.7. The third kappa shape index (κ3) is 1.82. The summed E-state index contributed by atoms with van der Waals surface area (Å²) in [4.78, 5) is 0. The average molecular weight is 141 g/mol. The first-order valence-corrected chi connectivity index (χ1v) is 3.66. The molecule has 1 rings (SSSR count). The Bertz CT molecular complexity index is 118. The summed E-state index contributed by atoms with van der Waals surface area (Å²) < 4.78 is 5.10. The molecule has 0 amide bonds. The number of hydrogen-bond acceptors (Lipinski definition) is 2. The molecule has 0 bridgehead atoms. The van der Waals surface area contributed by atoms with Crippen molar-refractivity contribution in [2.45, 2.75) is 6.92 Å². The second kappa shape index (κ2) is 3.17. The van der Waals surface area contributed by atoms with Gasteiger partial charge in [0.2, 0.25) is 0 Å². The fourth-order valence-corrected chi connectivity index (χ4v) is 1.03. The third-order valence-corrected chi connectivity index (χ3v) is 1.74. The fraction of sp³-hybridized carbons (Fsp3) is 0.750. The lowest BCUT2D eigenvalue weighted by Gasteiger charge is -2.38. The second-order valence-corrected chi connectivity index (χ2v) is 3.22. The summed E-state index contributed by atoms with van der Waals surface area (Å²) in [6, 6.07) is 0. The van der Waals surface area contributed by atoms with Crippen LogP contribution in [0.5, 0.6) is 0 Å². The van der Waals surface area contributed by atoms with E-state index >= 15 is 0 Å². The minimum absolute atomic E-state index is 0.392. The monoisotopic (exact) mass is 141 g/mol. The number of rotatable bonds is 4. The Kier molecular flexibility index (Phi) is 2.46. The van der Waals surface area contributed by atoms with Crippen LogP contribution in [0, 0.1) is 5.41 Å². The lowest BCUT2D eigenvalue weighted by atomic mass is 9.89. The largest absolute Gasteiger partial charge is 0.380 e. The molecule has 2 nitrogen and oxygen atoms in total. The predicted molar refractivity (Wildman–Crippen MR) is 42.0 cm³/mol.